The number of benzene rings is 2. The molecule has 0 aliphatic heterocycles. The minimum absolute atomic E-state index is 0.0604. The van der Waals surface area contributed by atoms with Crippen LogP contribution in [-0.2, 0) is 17.8 Å². The smallest absolute Gasteiger partial charge is 0.347 e. The van der Waals surface area contributed by atoms with Crippen molar-refractivity contribution in [1.82, 2.24) is 30.7 Å². The number of hydrogen-bond donors (Lipinski definition) is 3. The number of H-pyrrole nitrogens is 1. The van der Waals surface area contributed by atoms with E-state index in [9.17, 15) is 19.2 Å². The lowest BCUT2D eigenvalue weighted by Crippen LogP contribution is -2.29. The first-order valence-electron chi connectivity index (χ1n) is 12.2. The molecule has 0 fully saturated rings. The molecule has 0 saturated heterocycles. The van der Waals surface area contributed by atoms with Crippen molar-refractivity contribution in [3.8, 4) is 11.4 Å². The standard InChI is InChI=1S/C27H25N7O5/c1-15(35)34(2)19-5-3-4-16(10-19)13-28-25(36)22-12-23(30-14-29-22)26(37)31-21-9-7-17-11-18(6-8-20(17)21)24-32-27(38)39-33-24/h3-6,8,10-12,14,21H,7,9,13H2,1-2H3,(H,28,36)(H,31,37)(H,32,33,38)/t21-/m0/s1. The first-order valence-corrected chi connectivity index (χ1v) is 12.2. The van der Waals surface area contributed by atoms with Gasteiger partial charge < -0.3 is 15.5 Å². The number of rotatable bonds is 7. The fourth-order valence-electron chi connectivity index (χ4n) is 4.44. The van der Waals surface area contributed by atoms with Gasteiger partial charge in [-0.15, -0.1) is 0 Å². The van der Waals surface area contributed by atoms with E-state index in [0.29, 0.717) is 17.9 Å². The molecule has 2 aromatic carbocycles. The van der Waals surface area contributed by atoms with E-state index in [2.05, 4.69) is 35.3 Å². The Hall–Kier alpha value is -5.13. The maximum Gasteiger partial charge on any atom is 0.439 e. The van der Waals surface area contributed by atoms with Gasteiger partial charge >= 0.3 is 5.76 Å². The summed E-state index contributed by atoms with van der Waals surface area (Å²) in [5.41, 5.74) is 4.36. The molecule has 0 unspecified atom stereocenters. The highest BCUT2D eigenvalue weighted by Crippen LogP contribution is 2.33. The van der Waals surface area contributed by atoms with Crippen molar-refractivity contribution >= 4 is 23.4 Å². The summed E-state index contributed by atoms with van der Waals surface area (Å²) < 4.78 is 4.57. The predicted octanol–water partition coefficient (Wildman–Crippen LogP) is 2.15. The van der Waals surface area contributed by atoms with Crippen LogP contribution in [0.4, 0.5) is 5.69 Å². The lowest BCUT2D eigenvalue weighted by molar-refractivity contribution is -0.116. The Kier molecular flexibility index (Phi) is 7.00. The Morgan fingerprint density at radius 1 is 1.08 bits per heavy atom. The Balaban J connectivity index is 1.23. The molecule has 2 heterocycles. The molecular formula is C27H25N7O5. The van der Waals surface area contributed by atoms with Crippen LogP contribution in [0.1, 0.15) is 57.1 Å². The topological polar surface area (TPSA) is 163 Å². The Morgan fingerprint density at radius 2 is 1.87 bits per heavy atom. The van der Waals surface area contributed by atoms with Gasteiger partial charge in [-0.25, -0.2) is 14.8 Å². The molecule has 5 rings (SSSR count). The first-order chi connectivity index (χ1) is 18.8. The third kappa shape index (κ3) is 5.59. The maximum absolute atomic E-state index is 13.0. The number of nitrogens with zero attached hydrogens (tertiary/aromatic N) is 4. The summed E-state index contributed by atoms with van der Waals surface area (Å²) >= 11 is 0. The van der Waals surface area contributed by atoms with Gasteiger partial charge in [-0.05, 0) is 47.7 Å². The van der Waals surface area contributed by atoms with Crippen molar-refractivity contribution in [2.75, 3.05) is 11.9 Å². The van der Waals surface area contributed by atoms with Crippen molar-refractivity contribution < 1.29 is 18.9 Å². The van der Waals surface area contributed by atoms with E-state index >= 15 is 0 Å². The second-order valence-corrected chi connectivity index (χ2v) is 9.14. The molecule has 0 bridgehead atoms. The largest absolute Gasteiger partial charge is 0.439 e. The number of aromatic nitrogens is 4. The maximum atomic E-state index is 13.0. The average molecular weight is 528 g/mol. The van der Waals surface area contributed by atoms with Gasteiger partial charge in [0.1, 0.15) is 17.7 Å². The number of carbonyl (C=O) groups excluding carboxylic acids is 3. The summed E-state index contributed by atoms with van der Waals surface area (Å²) in [6.45, 7) is 1.69. The number of aryl methyl sites for hydroxylation is 1. The second-order valence-electron chi connectivity index (χ2n) is 9.14. The fraction of sp³-hybridized carbons (Fsp3) is 0.222. The molecule has 12 heteroatoms. The van der Waals surface area contributed by atoms with Gasteiger partial charge in [0, 0.05) is 37.8 Å². The molecule has 39 heavy (non-hydrogen) atoms. The van der Waals surface area contributed by atoms with Crippen molar-refractivity contribution in [3.05, 3.63) is 93.5 Å². The molecule has 0 saturated carbocycles. The van der Waals surface area contributed by atoms with E-state index in [1.807, 2.05) is 30.3 Å². The highest BCUT2D eigenvalue weighted by Gasteiger charge is 2.26. The van der Waals surface area contributed by atoms with Crippen LogP contribution in [0.15, 0.2) is 64.2 Å². The number of carbonyl (C=O) groups is 3. The predicted molar refractivity (Wildman–Crippen MR) is 140 cm³/mol. The van der Waals surface area contributed by atoms with E-state index < -0.39 is 17.6 Å². The quantitative estimate of drug-likeness (QED) is 0.329. The SMILES string of the molecule is CC(=O)N(C)c1cccc(CNC(=O)c2cc(C(=O)N[C@H]3CCc4cc(-c5noc(=O)[nH]5)ccc43)ncn2)c1. The van der Waals surface area contributed by atoms with Crippen molar-refractivity contribution in [2.45, 2.75) is 32.4 Å². The third-order valence-corrected chi connectivity index (χ3v) is 6.60. The third-order valence-electron chi connectivity index (χ3n) is 6.60. The van der Waals surface area contributed by atoms with Crippen molar-refractivity contribution in [1.29, 1.82) is 0 Å². The molecule has 2 aromatic heterocycles. The molecule has 0 spiro atoms. The lowest BCUT2D eigenvalue weighted by Gasteiger charge is -2.16. The van der Waals surface area contributed by atoms with E-state index in [1.54, 1.807) is 19.2 Å². The number of hydrogen-bond acceptors (Lipinski definition) is 8. The monoisotopic (exact) mass is 527 g/mol. The van der Waals surface area contributed by atoms with Gasteiger partial charge in [0.2, 0.25) is 5.91 Å². The molecule has 3 N–H and O–H groups in total. The Labute approximate surface area is 222 Å². The van der Waals surface area contributed by atoms with E-state index in [-0.39, 0.29) is 29.9 Å². The van der Waals surface area contributed by atoms with E-state index in [0.717, 1.165) is 28.7 Å². The minimum Gasteiger partial charge on any atom is -0.347 e. The summed E-state index contributed by atoms with van der Waals surface area (Å²) in [4.78, 5) is 60.7. The van der Waals surface area contributed by atoms with Crippen LogP contribution in [0.5, 0.6) is 0 Å². The van der Waals surface area contributed by atoms with Gasteiger partial charge in [-0.3, -0.25) is 23.9 Å². The summed E-state index contributed by atoms with van der Waals surface area (Å²) in [5.74, 6) is -1.26. The minimum atomic E-state index is -0.625. The van der Waals surface area contributed by atoms with Gasteiger partial charge in [0.15, 0.2) is 5.82 Å². The summed E-state index contributed by atoms with van der Waals surface area (Å²) in [6.07, 6.45) is 2.60. The Morgan fingerprint density at radius 3 is 2.62 bits per heavy atom. The average Bonchev–Trinajstić information content (AvgIpc) is 3.57. The number of anilines is 1. The second kappa shape index (κ2) is 10.7. The molecule has 198 valence electrons. The molecule has 1 aliphatic carbocycles. The molecular weight excluding hydrogens is 502 g/mol. The molecule has 1 aliphatic rings. The summed E-state index contributed by atoms with van der Waals surface area (Å²) in [6, 6.07) is 14.0. The normalized spacial score (nSPS) is 13.9. The molecule has 1 atom stereocenters. The molecule has 4 aromatic rings. The van der Waals surface area contributed by atoms with Gasteiger partial charge in [0.25, 0.3) is 11.8 Å². The number of nitrogens with one attached hydrogen (secondary N) is 3. The van der Waals surface area contributed by atoms with Crippen LogP contribution in [0, 0.1) is 0 Å². The lowest BCUT2D eigenvalue weighted by atomic mass is 10.0. The number of amides is 3. The zero-order valence-electron chi connectivity index (χ0n) is 21.2. The van der Waals surface area contributed by atoms with Crippen LogP contribution in [-0.4, -0.2) is 44.9 Å². The first kappa shape index (κ1) is 25.5. The van der Waals surface area contributed by atoms with E-state index in [4.69, 9.17) is 0 Å². The van der Waals surface area contributed by atoms with E-state index in [1.165, 1.54) is 24.2 Å². The van der Waals surface area contributed by atoms with Crippen molar-refractivity contribution in [3.63, 3.8) is 0 Å². The molecule has 12 nitrogen and oxygen atoms in total. The van der Waals surface area contributed by atoms with Crippen LogP contribution in [0.25, 0.3) is 11.4 Å². The Bertz CT molecular complexity index is 1630. The highest BCUT2D eigenvalue weighted by atomic mass is 16.5. The zero-order valence-corrected chi connectivity index (χ0v) is 21.2. The van der Waals surface area contributed by atoms with Gasteiger partial charge in [-0.1, -0.05) is 29.4 Å². The molecule has 0 radical (unpaired) electrons. The summed E-state index contributed by atoms with van der Waals surface area (Å²) in [5, 5.41) is 9.48. The fourth-order valence-corrected chi connectivity index (χ4v) is 4.44. The van der Waals surface area contributed by atoms with Crippen LogP contribution >= 0.6 is 0 Å². The number of fused-ring (bicyclic) bond motifs is 1. The number of aromatic amines is 1. The van der Waals surface area contributed by atoms with Gasteiger partial charge in [-0.2, -0.15) is 0 Å². The van der Waals surface area contributed by atoms with Crippen molar-refractivity contribution in [2.24, 2.45) is 0 Å². The van der Waals surface area contributed by atoms with Crippen LogP contribution in [0.3, 0.4) is 0 Å². The molecule has 3 amide bonds. The van der Waals surface area contributed by atoms with Gasteiger partial charge in [0.05, 0.1) is 6.04 Å². The highest BCUT2D eigenvalue weighted by molar-refractivity contribution is 5.97. The zero-order chi connectivity index (χ0) is 27.5. The summed E-state index contributed by atoms with van der Waals surface area (Å²) in [7, 11) is 1.68. The van der Waals surface area contributed by atoms with Crippen LogP contribution < -0.4 is 21.3 Å². The van der Waals surface area contributed by atoms with Crippen LogP contribution in [0.2, 0.25) is 0 Å².